The standard InChI is InChI=1S/C12H12ClN5OS/c1-20-8-9(13)17-11(18-10(8)14)6-2-4-7(5-3-6)16-12(15)19/h2-5H,1H3,(H2,14,17,18)(H3,15,16,19). The normalized spacial score (nSPS) is 10.3. The Morgan fingerprint density at radius 1 is 1.30 bits per heavy atom. The lowest BCUT2D eigenvalue weighted by Gasteiger charge is -2.08. The first-order chi connectivity index (χ1) is 9.51. The van der Waals surface area contributed by atoms with Crippen molar-refractivity contribution in [2.24, 2.45) is 5.73 Å². The number of amides is 2. The molecule has 0 atom stereocenters. The molecular weight excluding hydrogens is 298 g/mol. The summed E-state index contributed by atoms with van der Waals surface area (Å²) in [6.45, 7) is 0. The molecule has 1 heterocycles. The summed E-state index contributed by atoms with van der Waals surface area (Å²) in [6.07, 6.45) is 1.85. The number of carbonyl (C=O) groups excluding carboxylic acids is 1. The number of nitrogens with two attached hydrogens (primary N) is 2. The minimum absolute atomic E-state index is 0.319. The van der Waals surface area contributed by atoms with Crippen LogP contribution in [0.3, 0.4) is 0 Å². The van der Waals surface area contributed by atoms with E-state index in [1.165, 1.54) is 11.8 Å². The molecule has 20 heavy (non-hydrogen) atoms. The van der Waals surface area contributed by atoms with E-state index in [9.17, 15) is 4.79 Å². The molecule has 0 spiro atoms. The summed E-state index contributed by atoms with van der Waals surface area (Å²) >= 11 is 7.45. The van der Waals surface area contributed by atoms with Gasteiger partial charge in [-0.15, -0.1) is 11.8 Å². The first kappa shape index (κ1) is 14.4. The van der Waals surface area contributed by atoms with Gasteiger partial charge in [0.25, 0.3) is 0 Å². The predicted molar refractivity (Wildman–Crippen MR) is 81.9 cm³/mol. The molecule has 0 unspecified atom stereocenters. The highest BCUT2D eigenvalue weighted by molar-refractivity contribution is 7.98. The lowest BCUT2D eigenvalue weighted by Crippen LogP contribution is -2.19. The molecule has 0 bridgehead atoms. The Morgan fingerprint density at radius 3 is 2.45 bits per heavy atom. The number of primary amides is 1. The summed E-state index contributed by atoms with van der Waals surface area (Å²) in [5.74, 6) is 0.766. The number of benzene rings is 1. The third-order valence-electron chi connectivity index (χ3n) is 2.47. The molecule has 2 amide bonds. The third-order valence-corrected chi connectivity index (χ3v) is 3.66. The van der Waals surface area contributed by atoms with Crippen LogP contribution in [-0.4, -0.2) is 22.3 Å². The zero-order valence-electron chi connectivity index (χ0n) is 10.6. The van der Waals surface area contributed by atoms with Crippen molar-refractivity contribution in [2.45, 2.75) is 4.90 Å². The molecule has 0 fully saturated rings. The number of rotatable bonds is 3. The van der Waals surface area contributed by atoms with Gasteiger partial charge in [0, 0.05) is 11.3 Å². The number of carbonyl (C=O) groups is 1. The number of hydrogen-bond donors (Lipinski definition) is 3. The van der Waals surface area contributed by atoms with E-state index in [1.807, 2.05) is 6.26 Å². The van der Waals surface area contributed by atoms with Gasteiger partial charge in [0.15, 0.2) is 5.82 Å². The highest BCUT2D eigenvalue weighted by Crippen LogP contribution is 2.30. The van der Waals surface area contributed by atoms with Crippen molar-refractivity contribution < 1.29 is 4.79 Å². The molecule has 0 saturated carbocycles. The molecule has 104 valence electrons. The van der Waals surface area contributed by atoms with Crippen molar-refractivity contribution in [3.63, 3.8) is 0 Å². The number of urea groups is 1. The van der Waals surface area contributed by atoms with Gasteiger partial charge >= 0.3 is 6.03 Å². The maximum atomic E-state index is 10.7. The van der Waals surface area contributed by atoms with Crippen molar-refractivity contribution >= 4 is 40.9 Å². The average Bonchev–Trinajstić information content (AvgIpc) is 2.38. The van der Waals surface area contributed by atoms with Crippen LogP contribution in [0, 0.1) is 0 Å². The molecular formula is C12H12ClN5OS. The average molecular weight is 310 g/mol. The number of nitrogens with one attached hydrogen (secondary N) is 1. The Morgan fingerprint density at radius 2 is 1.95 bits per heavy atom. The third kappa shape index (κ3) is 3.12. The number of hydrogen-bond acceptors (Lipinski definition) is 5. The molecule has 0 aliphatic carbocycles. The van der Waals surface area contributed by atoms with Crippen LogP contribution >= 0.6 is 23.4 Å². The molecule has 0 aliphatic heterocycles. The first-order valence-electron chi connectivity index (χ1n) is 5.55. The smallest absolute Gasteiger partial charge is 0.316 e. The van der Waals surface area contributed by atoms with E-state index < -0.39 is 6.03 Å². The lowest BCUT2D eigenvalue weighted by molar-refractivity contribution is 0.259. The van der Waals surface area contributed by atoms with Crippen molar-refractivity contribution in [1.82, 2.24) is 9.97 Å². The second-order valence-electron chi connectivity index (χ2n) is 3.82. The van der Waals surface area contributed by atoms with Gasteiger partial charge in [-0.3, -0.25) is 0 Å². The van der Waals surface area contributed by atoms with Crippen molar-refractivity contribution in [3.05, 3.63) is 29.4 Å². The quantitative estimate of drug-likeness (QED) is 0.596. The summed E-state index contributed by atoms with van der Waals surface area (Å²) in [5, 5.41) is 2.79. The van der Waals surface area contributed by atoms with Crippen LogP contribution in [0.25, 0.3) is 11.4 Å². The Kier molecular flexibility index (Phi) is 4.31. The Labute approximate surface area is 124 Å². The summed E-state index contributed by atoms with van der Waals surface area (Å²) in [6, 6.07) is 6.25. The van der Waals surface area contributed by atoms with Crippen molar-refractivity contribution in [1.29, 1.82) is 0 Å². The second-order valence-corrected chi connectivity index (χ2v) is 5.00. The van der Waals surface area contributed by atoms with Crippen molar-refractivity contribution in [3.8, 4) is 11.4 Å². The largest absolute Gasteiger partial charge is 0.383 e. The highest BCUT2D eigenvalue weighted by atomic mass is 35.5. The van der Waals surface area contributed by atoms with E-state index in [-0.39, 0.29) is 0 Å². The zero-order valence-corrected chi connectivity index (χ0v) is 12.1. The molecule has 0 saturated heterocycles. The van der Waals surface area contributed by atoms with Crippen LogP contribution in [0.4, 0.5) is 16.3 Å². The number of halogens is 1. The number of nitrogen functional groups attached to an aromatic ring is 1. The monoisotopic (exact) mass is 309 g/mol. The summed E-state index contributed by atoms with van der Waals surface area (Å²) in [7, 11) is 0. The van der Waals surface area contributed by atoms with Gasteiger partial charge < -0.3 is 16.8 Å². The van der Waals surface area contributed by atoms with E-state index in [1.54, 1.807) is 24.3 Å². The van der Waals surface area contributed by atoms with Crippen molar-refractivity contribution in [2.75, 3.05) is 17.3 Å². The highest BCUT2D eigenvalue weighted by Gasteiger charge is 2.11. The van der Waals surface area contributed by atoms with E-state index in [0.29, 0.717) is 27.4 Å². The molecule has 2 rings (SSSR count). The fourth-order valence-corrected chi connectivity index (χ4v) is 2.48. The van der Waals surface area contributed by atoms with Crippen LogP contribution in [0.15, 0.2) is 29.2 Å². The summed E-state index contributed by atoms with van der Waals surface area (Å²) in [4.78, 5) is 19.8. The minimum atomic E-state index is -0.620. The van der Waals surface area contributed by atoms with E-state index in [2.05, 4.69) is 15.3 Å². The van der Waals surface area contributed by atoms with Gasteiger partial charge in [-0.2, -0.15) is 0 Å². The molecule has 1 aromatic heterocycles. The Bertz CT molecular complexity index is 624. The fraction of sp³-hybridized carbons (Fsp3) is 0.0833. The molecule has 8 heteroatoms. The van der Waals surface area contributed by atoms with Crippen LogP contribution in [-0.2, 0) is 0 Å². The topological polar surface area (TPSA) is 107 Å². The molecule has 0 radical (unpaired) electrons. The van der Waals surface area contributed by atoms with Crippen LogP contribution in [0.1, 0.15) is 0 Å². The molecule has 5 N–H and O–H groups in total. The lowest BCUT2D eigenvalue weighted by atomic mass is 10.2. The molecule has 6 nitrogen and oxygen atoms in total. The number of anilines is 2. The minimum Gasteiger partial charge on any atom is -0.383 e. The van der Waals surface area contributed by atoms with Gasteiger partial charge in [-0.1, -0.05) is 11.6 Å². The van der Waals surface area contributed by atoms with Gasteiger partial charge in [-0.05, 0) is 30.5 Å². The number of nitrogens with zero attached hydrogens (tertiary/aromatic N) is 2. The molecule has 1 aromatic carbocycles. The molecule has 2 aromatic rings. The maximum Gasteiger partial charge on any atom is 0.316 e. The zero-order chi connectivity index (χ0) is 14.7. The van der Waals surface area contributed by atoms with Gasteiger partial charge in [0.1, 0.15) is 11.0 Å². The summed E-state index contributed by atoms with van der Waals surface area (Å²) < 4.78 is 0. The van der Waals surface area contributed by atoms with Gasteiger partial charge in [-0.25, -0.2) is 14.8 Å². The second kappa shape index (κ2) is 5.98. The number of aromatic nitrogens is 2. The Hall–Kier alpha value is -1.99. The van der Waals surface area contributed by atoms with E-state index in [0.717, 1.165) is 5.56 Å². The van der Waals surface area contributed by atoms with E-state index in [4.69, 9.17) is 23.1 Å². The summed E-state index contributed by atoms with van der Waals surface area (Å²) in [5.41, 5.74) is 12.2. The fourth-order valence-electron chi connectivity index (χ4n) is 1.60. The Balaban J connectivity index is 2.34. The van der Waals surface area contributed by atoms with Crippen LogP contribution in [0.5, 0.6) is 0 Å². The van der Waals surface area contributed by atoms with Crippen LogP contribution in [0.2, 0.25) is 5.15 Å². The predicted octanol–water partition coefficient (Wildman–Crippen LogP) is 2.59. The SMILES string of the molecule is CSc1c(N)nc(-c2ccc(NC(N)=O)cc2)nc1Cl. The van der Waals surface area contributed by atoms with E-state index >= 15 is 0 Å². The van der Waals surface area contributed by atoms with Gasteiger partial charge in [0.05, 0.1) is 4.90 Å². The van der Waals surface area contributed by atoms with Crippen LogP contribution < -0.4 is 16.8 Å². The molecule has 0 aliphatic rings. The first-order valence-corrected chi connectivity index (χ1v) is 7.15. The maximum absolute atomic E-state index is 10.7. The number of thioether (sulfide) groups is 1. The van der Waals surface area contributed by atoms with Gasteiger partial charge in [0.2, 0.25) is 0 Å².